The number of thioether (sulfide) groups is 1. The number of carbonyl (C=O) groups is 1. The Morgan fingerprint density at radius 1 is 1.50 bits per heavy atom. The Labute approximate surface area is 94.8 Å². The molecule has 2 N–H and O–H groups in total. The lowest BCUT2D eigenvalue weighted by atomic mass is 9.97. The van der Waals surface area contributed by atoms with E-state index in [0.717, 1.165) is 4.90 Å². The van der Waals surface area contributed by atoms with Crippen molar-refractivity contribution < 1.29 is 18.7 Å². The van der Waals surface area contributed by atoms with Crippen LogP contribution in [0.15, 0.2) is 23.1 Å². The van der Waals surface area contributed by atoms with Gasteiger partial charge < -0.3 is 10.4 Å². The van der Waals surface area contributed by atoms with Gasteiger partial charge in [0.15, 0.2) is 6.10 Å². The van der Waals surface area contributed by atoms with Crippen molar-refractivity contribution >= 4 is 23.4 Å². The van der Waals surface area contributed by atoms with E-state index in [9.17, 15) is 18.7 Å². The lowest BCUT2D eigenvalue weighted by Gasteiger charge is -2.29. The summed E-state index contributed by atoms with van der Waals surface area (Å²) in [4.78, 5) is 11.9. The van der Waals surface area contributed by atoms with Crippen molar-refractivity contribution in [1.82, 2.24) is 0 Å². The first kappa shape index (κ1) is 11.3. The molecule has 0 radical (unpaired) electrons. The van der Waals surface area contributed by atoms with E-state index in [1.165, 1.54) is 17.8 Å². The predicted octanol–water partition coefficient (Wildman–Crippen LogP) is 2.03. The van der Waals surface area contributed by atoms with Crippen LogP contribution in [0, 0.1) is 0 Å². The number of nitrogens with one attached hydrogen (secondary N) is 1. The SMILES string of the molecule is CSc1ccc2c(c1)NC(=O)C(F)(F)C2O. The highest BCUT2D eigenvalue weighted by Gasteiger charge is 2.51. The van der Waals surface area contributed by atoms with E-state index in [1.54, 1.807) is 12.1 Å². The number of rotatable bonds is 1. The molecular weight excluding hydrogens is 236 g/mol. The smallest absolute Gasteiger partial charge is 0.354 e. The molecule has 16 heavy (non-hydrogen) atoms. The maximum Gasteiger partial charge on any atom is 0.354 e. The van der Waals surface area contributed by atoms with E-state index in [1.807, 2.05) is 6.26 Å². The molecule has 0 aromatic heterocycles. The molecule has 0 saturated heterocycles. The summed E-state index contributed by atoms with van der Waals surface area (Å²) < 4.78 is 26.4. The van der Waals surface area contributed by atoms with Crippen LogP contribution in [0.3, 0.4) is 0 Å². The Bertz CT molecular complexity index is 450. The molecule has 6 heteroatoms. The fourth-order valence-electron chi connectivity index (χ4n) is 1.53. The largest absolute Gasteiger partial charge is 0.381 e. The molecule has 0 saturated carbocycles. The van der Waals surface area contributed by atoms with Gasteiger partial charge in [0, 0.05) is 16.1 Å². The zero-order valence-corrected chi connectivity index (χ0v) is 9.15. The summed E-state index contributed by atoms with van der Waals surface area (Å²) in [7, 11) is 0. The second kappa shape index (κ2) is 3.71. The van der Waals surface area contributed by atoms with Crippen LogP contribution in [0.25, 0.3) is 0 Å². The van der Waals surface area contributed by atoms with Gasteiger partial charge >= 0.3 is 5.92 Å². The van der Waals surface area contributed by atoms with Gasteiger partial charge in [0.1, 0.15) is 0 Å². The standard InChI is InChI=1S/C10H9F2NO2S/c1-16-5-2-3-6-7(4-5)13-9(15)10(11,12)8(6)14/h2-4,8,14H,1H3,(H,13,15). The molecule has 1 aromatic rings. The maximum atomic E-state index is 13.2. The summed E-state index contributed by atoms with van der Waals surface area (Å²) >= 11 is 1.42. The predicted molar refractivity (Wildman–Crippen MR) is 56.8 cm³/mol. The maximum absolute atomic E-state index is 13.2. The molecule has 86 valence electrons. The first-order chi connectivity index (χ1) is 7.46. The number of hydrogen-bond donors (Lipinski definition) is 2. The average Bonchev–Trinajstić information content (AvgIpc) is 2.26. The summed E-state index contributed by atoms with van der Waals surface area (Å²) in [6.45, 7) is 0. The molecule has 2 rings (SSSR count). The molecule has 0 fully saturated rings. The van der Waals surface area contributed by atoms with Gasteiger partial charge in [-0.3, -0.25) is 4.79 Å². The van der Waals surface area contributed by atoms with E-state index in [-0.39, 0.29) is 11.3 Å². The lowest BCUT2D eigenvalue weighted by molar-refractivity contribution is -0.159. The van der Waals surface area contributed by atoms with E-state index < -0.39 is 17.9 Å². The Morgan fingerprint density at radius 3 is 2.81 bits per heavy atom. The number of fused-ring (bicyclic) bond motifs is 1. The number of amides is 1. The molecule has 1 atom stereocenters. The summed E-state index contributed by atoms with van der Waals surface area (Å²) in [5.74, 6) is -5.24. The number of carbonyl (C=O) groups excluding carboxylic acids is 1. The van der Waals surface area contributed by atoms with Gasteiger partial charge in [0.05, 0.1) is 0 Å². The lowest BCUT2D eigenvalue weighted by Crippen LogP contribution is -2.44. The second-order valence-corrected chi connectivity index (χ2v) is 4.31. The van der Waals surface area contributed by atoms with Crippen LogP contribution < -0.4 is 5.32 Å². The van der Waals surface area contributed by atoms with Crippen molar-refractivity contribution in [1.29, 1.82) is 0 Å². The van der Waals surface area contributed by atoms with E-state index in [0.29, 0.717) is 0 Å². The van der Waals surface area contributed by atoms with Crippen LogP contribution in [0.2, 0.25) is 0 Å². The summed E-state index contributed by atoms with van der Waals surface area (Å²) in [6, 6.07) is 4.59. The molecule has 1 amide bonds. The number of alkyl halides is 2. The fraction of sp³-hybridized carbons (Fsp3) is 0.300. The van der Waals surface area contributed by atoms with Crippen molar-refractivity contribution in [3.63, 3.8) is 0 Å². The third-order valence-electron chi connectivity index (χ3n) is 2.45. The van der Waals surface area contributed by atoms with Gasteiger partial charge in [-0.15, -0.1) is 11.8 Å². The minimum atomic E-state index is -3.77. The minimum absolute atomic E-state index is 0.0439. The van der Waals surface area contributed by atoms with Crippen LogP contribution in [-0.2, 0) is 4.79 Å². The quantitative estimate of drug-likeness (QED) is 0.744. The van der Waals surface area contributed by atoms with Crippen LogP contribution >= 0.6 is 11.8 Å². The van der Waals surface area contributed by atoms with Crippen LogP contribution in [0.5, 0.6) is 0 Å². The highest BCUT2D eigenvalue weighted by atomic mass is 32.2. The van der Waals surface area contributed by atoms with Gasteiger partial charge in [0.25, 0.3) is 5.91 Å². The summed E-state index contributed by atoms with van der Waals surface area (Å²) in [5.41, 5.74) is 0.290. The third kappa shape index (κ3) is 1.58. The van der Waals surface area contributed by atoms with Crippen LogP contribution in [0.4, 0.5) is 14.5 Å². The zero-order chi connectivity index (χ0) is 11.9. The molecule has 0 aliphatic carbocycles. The monoisotopic (exact) mass is 245 g/mol. The topological polar surface area (TPSA) is 49.3 Å². The van der Waals surface area contributed by atoms with Gasteiger partial charge in [-0.25, -0.2) is 0 Å². The normalized spacial score (nSPS) is 22.5. The molecule has 0 bridgehead atoms. The highest BCUT2D eigenvalue weighted by molar-refractivity contribution is 7.98. The van der Waals surface area contributed by atoms with Crippen LogP contribution in [-0.4, -0.2) is 23.2 Å². The molecule has 3 nitrogen and oxygen atoms in total. The molecule has 1 aliphatic heterocycles. The van der Waals surface area contributed by atoms with Crippen molar-refractivity contribution in [3.05, 3.63) is 23.8 Å². The minimum Gasteiger partial charge on any atom is -0.381 e. The molecule has 0 spiro atoms. The number of halogens is 2. The van der Waals surface area contributed by atoms with Gasteiger partial charge in [-0.2, -0.15) is 8.78 Å². The third-order valence-corrected chi connectivity index (χ3v) is 3.17. The first-order valence-electron chi connectivity index (χ1n) is 4.52. The Morgan fingerprint density at radius 2 is 2.19 bits per heavy atom. The zero-order valence-electron chi connectivity index (χ0n) is 8.33. The average molecular weight is 245 g/mol. The van der Waals surface area contributed by atoms with E-state index in [2.05, 4.69) is 5.32 Å². The number of benzene rings is 1. The van der Waals surface area contributed by atoms with E-state index in [4.69, 9.17) is 0 Å². The van der Waals surface area contributed by atoms with Crippen molar-refractivity contribution in [2.75, 3.05) is 11.6 Å². The first-order valence-corrected chi connectivity index (χ1v) is 5.74. The number of aliphatic hydroxyl groups is 1. The molecule has 1 aromatic carbocycles. The Hall–Kier alpha value is -1.14. The van der Waals surface area contributed by atoms with Gasteiger partial charge in [-0.05, 0) is 18.4 Å². The summed E-state index contributed by atoms with van der Waals surface area (Å²) in [6.07, 6.45) is -0.246. The van der Waals surface area contributed by atoms with Crippen molar-refractivity contribution in [2.45, 2.75) is 16.9 Å². The van der Waals surface area contributed by atoms with Crippen molar-refractivity contribution in [3.8, 4) is 0 Å². The van der Waals surface area contributed by atoms with Gasteiger partial charge in [0.2, 0.25) is 0 Å². The second-order valence-electron chi connectivity index (χ2n) is 3.43. The number of hydrogen-bond acceptors (Lipinski definition) is 3. The van der Waals surface area contributed by atoms with Crippen molar-refractivity contribution in [2.24, 2.45) is 0 Å². The Balaban J connectivity index is 2.51. The molecule has 1 heterocycles. The molecule has 1 unspecified atom stereocenters. The summed E-state index contributed by atoms with van der Waals surface area (Å²) in [5, 5.41) is 11.5. The molecular formula is C10H9F2NO2S. The Kier molecular flexibility index (Phi) is 2.63. The number of aliphatic hydroxyl groups excluding tert-OH is 1. The number of anilines is 1. The fourth-order valence-corrected chi connectivity index (χ4v) is 1.97. The van der Waals surface area contributed by atoms with Gasteiger partial charge in [-0.1, -0.05) is 6.07 Å². The van der Waals surface area contributed by atoms with Crippen LogP contribution in [0.1, 0.15) is 11.7 Å². The highest BCUT2D eigenvalue weighted by Crippen LogP contribution is 2.41. The molecule has 1 aliphatic rings. The van der Waals surface area contributed by atoms with E-state index >= 15 is 0 Å².